The highest BCUT2D eigenvalue weighted by Gasteiger charge is 2.22. The van der Waals surface area contributed by atoms with Crippen molar-refractivity contribution in [2.24, 2.45) is 0 Å². The molecule has 0 aromatic heterocycles. The highest BCUT2D eigenvalue weighted by molar-refractivity contribution is 5.93. The zero-order chi connectivity index (χ0) is 19.1. The van der Waals surface area contributed by atoms with Crippen LogP contribution in [0.3, 0.4) is 0 Å². The number of hydrogen-bond donors (Lipinski definition) is 2. The van der Waals surface area contributed by atoms with E-state index in [1.165, 1.54) is 12.1 Å². The number of likely N-dealkylation sites (N-methyl/N-ethyl adjacent to an activating group) is 1. The van der Waals surface area contributed by atoms with Gasteiger partial charge < -0.3 is 15.0 Å². The number of ether oxygens (including phenoxy) is 1. The van der Waals surface area contributed by atoms with Gasteiger partial charge in [0.25, 0.3) is 5.91 Å². The minimum absolute atomic E-state index is 0.105. The van der Waals surface area contributed by atoms with Crippen molar-refractivity contribution in [2.45, 2.75) is 26.1 Å². The summed E-state index contributed by atoms with van der Waals surface area (Å²) in [5.41, 5.74) is 2.06. The van der Waals surface area contributed by atoms with Gasteiger partial charge in [0.2, 0.25) is 0 Å². The molecular weight excluding hydrogens is 340 g/mol. The van der Waals surface area contributed by atoms with Gasteiger partial charge in [-0.25, -0.2) is 0 Å². The van der Waals surface area contributed by atoms with Crippen LogP contribution in [0.15, 0.2) is 48.5 Å². The molecule has 2 aromatic rings. The lowest BCUT2D eigenvalue weighted by Gasteiger charge is -2.21. The Bertz CT molecular complexity index is 771. The number of rotatable bonds is 7. The predicted octanol–water partition coefficient (Wildman–Crippen LogP) is 2.20. The number of quaternary nitrogens is 1. The van der Waals surface area contributed by atoms with E-state index in [4.69, 9.17) is 5.26 Å². The van der Waals surface area contributed by atoms with Gasteiger partial charge in [0.05, 0.1) is 18.7 Å². The minimum atomic E-state index is -2.85. The van der Waals surface area contributed by atoms with Crippen LogP contribution in [-0.2, 0) is 11.3 Å². The molecule has 0 spiro atoms. The number of amides is 1. The molecule has 0 bridgehead atoms. The standard InChI is InChI=1S/C19H19F2N3O2/c1-13(18(25)23-16-7-3-14(11-22)4-8-16)24(2)12-15-5-9-17(10-6-15)26-19(20)21/h3-10,13,19H,12H2,1-2H3,(H,23,25)/p+1/t13-/m0/s1. The average Bonchev–Trinajstić information content (AvgIpc) is 2.62. The van der Waals surface area contributed by atoms with E-state index in [2.05, 4.69) is 10.1 Å². The molecule has 0 aliphatic carbocycles. The van der Waals surface area contributed by atoms with E-state index < -0.39 is 6.61 Å². The van der Waals surface area contributed by atoms with E-state index in [9.17, 15) is 13.6 Å². The molecule has 2 N–H and O–H groups in total. The molecule has 0 heterocycles. The number of nitriles is 1. The van der Waals surface area contributed by atoms with Gasteiger partial charge in [-0.15, -0.1) is 0 Å². The van der Waals surface area contributed by atoms with E-state index in [1.807, 2.05) is 20.0 Å². The van der Waals surface area contributed by atoms with Gasteiger partial charge in [-0.05, 0) is 55.5 Å². The number of nitrogens with zero attached hydrogens (tertiary/aromatic N) is 1. The van der Waals surface area contributed by atoms with Crippen LogP contribution >= 0.6 is 0 Å². The maximum absolute atomic E-state index is 12.4. The van der Waals surface area contributed by atoms with E-state index in [1.54, 1.807) is 36.4 Å². The summed E-state index contributed by atoms with van der Waals surface area (Å²) in [5, 5.41) is 11.6. The summed E-state index contributed by atoms with van der Waals surface area (Å²) in [6.45, 7) is -0.487. The lowest BCUT2D eigenvalue weighted by atomic mass is 10.1. The molecule has 2 rings (SSSR count). The summed E-state index contributed by atoms with van der Waals surface area (Å²) in [6, 6.07) is 14.7. The molecule has 0 aliphatic rings. The van der Waals surface area contributed by atoms with E-state index in [-0.39, 0.29) is 17.7 Å². The first kappa shape index (κ1) is 19.3. The smallest absolute Gasteiger partial charge is 0.387 e. The summed E-state index contributed by atoms with van der Waals surface area (Å²) in [7, 11) is 1.88. The fourth-order valence-electron chi connectivity index (χ4n) is 2.37. The molecule has 0 saturated heterocycles. The highest BCUT2D eigenvalue weighted by atomic mass is 19.3. The van der Waals surface area contributed by atoms with Crippen molar-refractivity contribution in [2.75, 3.05) is 12.4 Å². The summed E-state index contributed by atoms with van der Waals surface area (Å²) in [4.78, 5) is 13.3. The van der Waals surface area contributed by atoms with E-state index in [0.717, 1.165) is 10.5 Å². The average molecular weight is 360 g/mol. The van der Waals surface area contributed by atoms with Gasteiger partial charge in [0, 0.05) is 11.3 Å². The third-order valence-corrected chi connectivity index (χ3v) is 4.05. The van der Waals surface area contributed by atoms with Crippen molar-refractivity contribution in [3.63, 3.8) is 0 Å². The number of hydrogen-bond acceptors (Lipinski definition) is 3. The molecule has 0 radical (unpaired) electrons. The molecular formula is C19H20F2N3O2+. The molecule has 136 valence electrons. The Morgan fingerprint density at radius 1 is 1.19 bits per heavy atom. The number of carbonyl (C=O) groups excluding carboxylic acids is 1. The molecule has 2 atom stereocenters. The van der Waals surface area contributed by atoms with Crippen molar-refractivity contribution in [3.05, 3.63) is 59.7 Å². The Morgan fingerprint density at radius 3 is 2.35 bits per heavy atom. The van der Waals surface area contributed by atoms with Gasteiger partial charge in [-0.1, -0.05) is 0 Å². The maximum atomic E-state index is 12.4. The minimum Gasteiger partial charge on any atom is -0.435 e. The summed E-state index contributed by atoms with van der Waals surface area (Å²) >= 11 is 0. The summed E-state index contributed by atoms with van der Waals surface area (Å²) < 4.78 is 28.6. The number of nitrogens with one attached hydrogen (secondary N) is 2. The predicted molar refractivity (Wildman–Crippen MR) is 92.9 cm³/mol. The third-order valence-electron chi connectivity index (χ3n) is 4.05. The molecule has 0 aliphatic heterocycles. The van der Waals surface area contributed by atoms with Crippen LogP contribution in [0.4, 0.5) is 14.5 Å². The fraction of sp³-hybridized carbons (Fsp3) is 0.263. The fourth-order valence-corrected chi connectivity index (χ4v) is 2.37. The van der Waals surface area contributed by atoms with Crippen LogP contribution in [0.1, 0.15) is 18.1 Å². The molecule has 0 saturated carbocycles. The molecule has 5 nitrogen and oxygen atoms in total. The van der Waals surface area contributed by atoms with Crippen molar-refractivity contribution in [1.29, 1.82) is 5.26 Å². The Labute approximate surface area is 150 Å². The maximum Gasteiger partial charge on any atom is 0.387 e. The Hall–Kier alpha value is -2.98. The first-order valence-electron chi connectivity index (χ1n) is 8.06. The molecule has 0 fully saturated rings. The normalized spacial score (nSPS) is 12.9. The van der Waals surface area contributed by atoms with Crippen LogP contribution in [0.5, 0.6) is 5.75 Å². The Balaban J connectivity index is 1.92. The van der Waals surface area contributed by atoms with Crippen LogP contribution in [0.25, 0.3) is 0 Å². The molecule has 7 heteroatoms. The van der Waals surface area contributed by atoms with Crippen LogP contribution < -0.4 is 15.0 Å². The van der Waals surface area contributed by atoms with Crippen molar-refractivity contribution in [3.8, 4) is 11.8 Å². The van der Waals surface area contributed by atoms with Crippen LogP contribution in [-0.4, -0.2) is 25.6 Å². The van der Waals surface area contributed by atoms with Crippen molar-refractivity contribution >= 4 is 11.6 Å². The topological polar surface area (TPSA) is 66.6 Å². The van der Waals surface area contributed by atoms with Crippen LogP contribution in [0.2, 0.25) is 0 Å². The highest BCUT2D eigenvalue weighted by Crippen LogP contribution is 2.14. The lowest BCUT2D eigenvalue weighted by Crippen LogP contribution is -3.12. The van der Waals surface area contributed by atoms with Gasteiger partial charge in [-0.2, -0.15) is 14.0 Å². The quantitative estimate of drug-likeness (QED) is 0.796. The molecule has 1 amide bonds. The summed E-state index contributed by atoms with van der Waals surface area (Å²) in [5.74, 6) is -0.0436. The first-order chi connectivity index (χ1) is 12.4. The van der Waals surface area contributed by atoms with Gasteiger partial charge in [0.1, 0.15) is 12.3 Å². The number of halogens is 2. The zero-order valence-electron chi connectivity index (χ0n) is 14.5. The second-order valence-corrected chi connectivity index (χ2v) is 5.95. The SMILES string of the molecule is C[C@@H](C(=O)Nc1ccc(C#N)cc1)[NH+](C)Cc1ccc(OC(F)F)cc1. The van der Waals surface area contributed by atoms with Gasteiger partial charge in [-0.3, -0.25) is 4.79 Å². The van der Waals surface area contributed by atoms with E-state index >= 15 is 0 Å². The molecule has 2 aromatic carbocycles. The van der Waals surface area contributed by atoms with Crippen molar-refractivity contribution in [1.82, 2.24) is 0 Å². The molecule has 1 unspecified atom stereocenters. The number of benzene rings is 2. The number of alkyl halides is 2. The number of anilines is 1. The van der Waals surface area contributed by atoms with Crippen molar-refractivity contribution < 1.29 is 23.2 Å². The van der Waals surface area contributed by atoms with Gasteiger partial charge in [0.15, 0.2) is 6.04 Å². The second kappa shape index (κ2) is 8.92. The Morgan fingerprint density at radius 2 is 1.81 bits per heavy atom. The second-order valence-electron chi connectivity index (χ2n) is 5.95. The first-order valence-corrected chi connectivity index (χ1v) is 8.06. The lowest BCUT2D eigenvalue weighted by molar-refractivity contribution is -0.907. The van der Waals surface area contributed by atoms with E-state index in [0.29, 0.717) is 17.8 Å². The van der Waals surface area contributed by atoms with Gasteiger partial charge >= 0.3 is 6.61 Å². The number of carbonyl (C=O) groups is 1. The largest absolute Gasteiger partial charge is 0.435 e. The Kier molecular flexibility index (Phi) is 6.64. The molecule has 26 heavy (non-hydrogen) atoms. The monoisotopic (exact) mass is 360 g/mol. The zero-order valence-corrected chi connectivity index (χ0v) is 14.5. The van der Waals surface area contributed by atoms with Crippen LogP contribution in [0, 0.1) is 11.3 Å². The third kappa shape index (κ3) is 5.53. The summed E-state index contributed by atoms with van der Waals surface area (Å²) in [6.07, 6.45) is 0.